The first-order valence-electron chi connectivity index (χ1n) is 7.43. The number of anilines is 1. The van der Waals surface area contributed by atoms with E-state index in [1.165, 1.54) is 23.1 Å². The molecule has 24 heavy (non-hydrogen) atoms. The quantitative estimate of drug-likeness (QED) is 0.542. The van der Waals surface area contributed by atoms with E-state index in [1.807, 2.05) is 13.8 Å². The van der Waals surface area contributed by atoms with E-state index in [0.29, 0.717) is 22.6 Å². The Labute approximate surface area is 147 Å². The number of carbonyl (C=O) groups excluding carboxylic acids is 2. The molecule has 0 radical (unpaired) electrons. The van der Waals surface area contributed by atoms with Gasteiger partial charge in [0.05, 0.1) is 24.5 Å². The van der Waals surface area contributed by atoms with E-state index >= 15 is 0 Å². The molecule has 0 bridgehead atoms. The SMILES string of the molecule is CCOC(=O)Cc1csc(NC(=O)CSc2n[nH]c(C(C)C)n2)n1. The molecule has 130 valence electrons. The number of nitrogens with zero attached hydrogens (tertiary/aromatic N) is 3. The summed E-state index contributed by atoms with van der Waals surface area (Å²) in [5, 5.41) is 12.3. The summed E-state index contributed by atoms with van der Waals surface area (Å²) in [6.07, 6.45) is 0.101. The van der Waals surface area contributed by atoms with Crippen molar-refractivity contribution in [3.8, 4) is 0 Å². The van der Waals surface area contributed by atoms with Crippen LogP contribution in [0.4, 0.5) is 5.13 Å². The Bertz CT molecular complexity index is 698. The lowest BCUT2D eigenvalue weighted by Crippen LogP contribution is -2.14. The van der Waals surface area contributed by atoms with Crippen molar-refractivity contribution in [2.45, 2.75) is 38.3 Å². The Morgan fingerprint density at radius 1 is 1.42 bits per heavy atom. The van der Waals surface area contributed by atoms with E-state index in [0.717, 1.165) is 5.82 Å². The van der Waals surface area contributed by atoms with Crippen molar-refractivity contribution in [1.29, 1.82) is 0 Å². The normalized spacial score (nSPS) is 10.8. The van der Waals surface area contributed by atoms with E-state index in [-0.39, 0.29) is 30.0 Å². The number of thioether (sulfide) groups is 1. The highest BCUT2D eigenvalue weighted by Crippen LogP contribution is 2.19. The first-order valence-corrected chi connectivity index (χ1v) is 9.29. The number of aromatic nitrogens is 4. The van der Waals surface area contributed by atoms with Crippen LogP contribution < -0.4 is 5.32 Å². The number of hydrogen-bond acceptors (Lipinski definition) is 8. The second-order valence-electron chi connectivity index (χ2n) is 5.12. The third kappa shape index (κ3) is 5.60. The molecule has 2 heterocycles. The Balaban J connectivity index is 1.79. The number of rotatable bonds is 8. The van der Waals surface area contributed by atoms with Crippen molar-refractivity contribution in [3.63, 3.8) is 0 Å². The van der Waals surface area contributed by atoms with Gasteiger partial charge in [-0.25, -0.2) is 9.97 Å². The minimum atomic E-state index is -0.332. The molecular weight excluding hydrogens is 350 g/mol. The summed E-state index contributed by atoms with van der Waals surface area (Å²) >= 11 is 2.52. The number of aromatic amines is 1. The van der Waals surface area contributed by atoms with E-state index in [4.69, 9.17) is 4.74 Å². The molecule has 0 aliphatic heterocycles. The standard InChI is InChI=1S/C14H19N5O3S2/c1-4-22-11(21)5-9-6-23-13(15-9)16-10(20)7-24-14-17-12(8(2)3)18-19-14/h6,8H,4-5,7H2,1-3H3,(H,15,16,20)(H,17,18,19). The minimum absolute atomic E-state index is 0.101. The zero-order valence-electron chi connectivity index (χ0n) is 13.7. The summed E-state index contributed by atoms with van der Waals surface area (Å²) in [6, 6.07) is 0. The molecule has 0 unspecified atom stereocenters. The largest absolute Gasteiger partial charge is 0.466 e. The van der Waals surface area contributed by atoms with Crippen molar-refractivity contribution in [3.05, 3.63) is 16.9 Å². The van der Waals surface area contributed by atoms with E-state index < -0.39 is 0 Å². The summed E-state index contributed by atoms with van der Waals surface area (Å²) in [5.74, 6) is 0.701. The molecule has 2 aromatic rings. The molecule has 2 N–H and O–H groups in total. The third-order valence-electron chi connectivity index (χ3n) is 2.79. The van der Waals surface area contributed by atoms with Gasteiger partial charge >= 0.3 is 5.97 Å². The second-order valence-corrected chi connectivity index (χ2v) is 6.92. The number of thiazole rings is 1. The third-order valence-corrected chi connectivity index (χ3v) is 4.44. The number of hydrogen-bond donors (Lipinski definition) is 2. The van der Waals surface area contributed by atoms with Gasteiger partial charge in [-0.1, -0.05) is 25.6 Å². The van der Waals surface area contributed by atoms with Crippen LogP contribution >= 0.6 is 23.1 Å². The molecule has 0 spiro atoms. The van der Waals surface area contributed by atoms with E-state index in [1.54, 1.807) is 12.3 Å². The molecular formula is C14H19N5O3S2. The van der Waals surface area contributed by atoms with Crippen molar-refractivity contribution in [1.82, 2.24) is 20.2 Å². The fourth-order valence-electron chi connectivity index (χ4n) is 1.67. The van der Waals surface area contributed by atoms with Crippen LogP contribution in [0.5, 0.6) is 0 Å². The van der Waals surface area contributed by atoms with Gasteiger partial charge in [0.15, 0.2) is 5.13 Å². The number of ether oxygens (including phenoxy) is 1. The predicted molar refractivity (Wildman–Crippen MR) is 92.3 cm³/mol. The zero-order chi connectivity index (χ0) is 17.5. The molecule has 0 aliphatic carbocycles. The molecule has 1 amide bonds. The average Bonchev–Trinajstić information content (AvgIpc) is 3.15. The van der Waals surface area contributed by atoms with Gasteiger partial charge in [-0.3, -0.25) is 14.7 Å². The first kappa shape index (κ1) is 18.4. The molecule has 2 rings (SSSR count). The Kier molecular flexibility index (Phi) is 6.73. The van der Waals surface area contributed by atoms with Crippen LogP contribution in [-0.4, -0.2) is 44.4 Å². The van der Waals surface area contributed by atoms with Gasteiger partial charge in [-0.05, 0) is 6.92 Å². The van der Waals surface area contributed by atoms with Gasteiger partial charge in [-0.2, -0.15) is 0 Å². The van der Waals surface area contributed by atoms with Crippen LogP contribution in [0.1, 0.15) is 38.2 Å². The van der Waals surface area contributed by atoms with Crippen molar-refractivity contribution >= 4 is 40.1 Å². The Hall–Kier alpha value is -1.94. The number of H-pyrrole nitrogens is 1. The van der Waals surface area contributed by atoms with Gasteiger partial charge in [-0.15, -0.1) is 16.4 Å². The molecule has 10 heteroatoms. The highest BCUT2D eigenvalue weighted by Gasteiger charge is 2.12. The lowest BCUT2D eigenvalue weighted by Gasteiger charge is -2.00. The van der Waals surface area contributed by atoms with Crippen LogP contribution in [0.3, 0.4) is 0 Å². The Morgan fingerprint density at radius 3 is 2.88 bits per heavy atom. The molecule has 0 aromatic carbocycles. The molecule has 0 saturated heterocycles. The van der Waals surface area contributed by atoms with Crippen LogP contribution in [0.2, 0.25) is 0 Å². The molecule has 0 saturated carbocycles. The molecule has 8 nitrogen and oxygen atoms in total. The highest BCUT2D eigenvalue weighted by molar-refractivity contribution is 7.99. The van der Waals surface area contributed by atoms with Crippen LogP contribution in [-0.2, 0) is 20.7 Å². The average molecular weight is 369 g/mol. The first-order chi connectivity index (χ1) is 11.5. The maximum absolute atomic E-state index is 11.9. The summed E-state index contributed by atoms with van der Waals surface area (Å²) < 4.78 is 4.86. The van der Waals surface area contributed by atoms with E-state index in [9.17, 15) is 9.59 Å². The molecule has 0 aliphatic rings. The number of carbonyl (C=O) groups is 2. The van der Waals surface area contributed by atoms with Gasteiger partial charge in [0.1, 0.15) is 5.82 Å². The number of esters is 1. The van der Waals surface area contributed by atoms with Crippen LogP contribution in [0, 0.1) is 0 Å². The maximum Gasteiger partial charge on any atom is 0.311 e. The molecule has 0 atom stereocenters. The van der Waals surface area contributed by atoms with Crippen LogP contribution in [0.15, 0.2) is 10.5 Å². The van der Waals surface area contributed by atoms with Gasteiger partial charge in [0.25, 0.3) is 0 Å². The molecule has 0 fully saturated rings. The zero-order valence-corrected chi connectivity index (χ0v) is 15.3. The summed E-state index contributed by atoms with van der Waals surface area (Å²) in [4.78, 5) is 31.8. The lowest BCUT2D eigenvalue weighted by atomic mass is 10.2. The number of nitrogens with one attached hydrogen (secondary N) is 2. The fourth-order valence-corrected chi connectivity index (χ4v) is 3.00. The predicted octanol–water partition coefficient (Wildman–Crippen LogP) is 2.22. The van der Waals surface area contributed by atoms with Gasteiger partial charge in [0, 0.05) is 11.3 Å². The van der Waals surface area contributed by atoms with Gasteiger partial charge in [0.2, 0.25) is 11.1 Å². The number of amides is 1. The van der Waals surface area contributed by atoms with E-state index in [2.05, 4.69) is 25.5 Å². The summed E-state index contributed by atoms with van der Waals surface area (Å²) in [5.41, 5.74) is 0.581. The van der Waals surface area contributed by atoms with Crippen LogP contribution in [0.25, 0.3) is 0 Å². The second kappa shape index (κ2) is 8.78. The summed E-state index contributed by atoms with van der Waals surface area (Å²) in [7, 11) is 0. The topological polar surface area (TPSA) is 110 Å². The lowest BCUT2D eigenvalue weighted by molar-refractivity contribution is -0.142. The monoisotopic (exact) mass is 369 g/mol. The molecule has 2 aromatic heterocycles. The maximum atomic E-state index is 11.9. The Morgan fingerprint density at radius 2 is 2.21 bits per heavy atom. The minimum Gasteiger partial charge on any atom is -0.466 e. The fraction of sp³-hybridized carbons (Fsp3) is 0.500. The van der Waals surface area contributed by atoms with Crippen molar-refractivity contribution < 1.29 is 14.3 Å². The van der Waals surface area contributed by atoms with Crippen molar-refractivity contribution in [2.24, 2.45) is 0 Å². The smallest absolute Gasteiger partial charge is 0.311 e. The highest BCUT2D eigenvalue weighted by atomic mass is 32.2. The van der Waals surface area contributed by atoms with Gasteiger partial charge < -0.3 is 10.1 Å². The summed E-state index contributed by atoms with van der Waals surface area (Å²) in [6.45, 7) is 6.11. The van der Waals surface area contributed by atoms with Crippen molar-refractivity contribution in [2.75, 3.05) is 17.7 Å².